The van der Waals surface area contributed by atoms with Gasteiger partial charge in [-0.05, 0) is 49.1 Å². The van der Waals surface area contributed by atoms with Crippen LogP contribution in [0, 0.1) is 17.0 Å². The molecule has 0 saturated carbocycles. The molecule has 4 atom stereocenters. The van der Waals surface area contributed by atoms with Crippen molar-refractivity contribution >= 4 is 11.6 Å². The van der Waals surface area contributed by atoms with E-state index in [-0.39, 0.29) is 16.9 Å². The molecule has 8 heteroatoms. The zero-order valence-electron chi connectivity index (χ0n) is 20.8. The molecule has 3 aromatic carbocycles. The van der Waals surface area contributed by atoms with Crippen LogP contribution in [-0.4, -0.2) is 41.5 Å². The number of nitrogens with zero attached hydrogens (tertiary/aromatic N) is 2. The third-order valence-electron chi connectivity index (χ3n) is 8.18. The number of amides is 1. The van der Waals surface area contributed by atoms with Crippen LogP contribution >= 0.6 is 0 Å². The molecule has 1 spiro atoms. The Kier molecular flexibility index (Phi) is 5.64. The van der Waals surface area contributed by atoms with Gasteiger partial charge >= 0.3 is 0 Å². The summed E-state index contributed by atoms with van der Waals surface area (Å²) >= 11 is 0. The third kappa shape index (κ3) is 3.50. The molecule has 3 aromatic rings. The molecule has 3 heterocycles. The number of nitrogens with one attached hydrogen (secondary N) is 1. The van der Waals surface area contributed by atoms with Crippen molar-refractivity contribution in [3.8, 4) is 11.5 Å². The molecule has 8 nitrogen and oxygen atoms in total. The Morgan fingerprint density at radius 3 is 2.65 bits per heavy atom. The number of para-hydroxylation sites is 1. The molecular weight excluding hydrogens is 470 g/mol. The van der Waals surface area contributed by atoms with Crippen molar-refractivity contribution in [3.63, 3.8) is 0 Å². The Labute approximate surface area is 215 Å². The Balaban J connectivity index is 1.39. The molecule has 190 valence electrons. The number of anilines is 1. The maximum absolute atomic E-state index is 13.6. The van der Waals surface area contributed by atoms with Gasteiger partial charge in [-0.1, -0.05) is 54.1 Å². The van der Waals surface area contributed by atoms with Gasteiger partial charge in [-0.3, -0.25) is 19.8 Å². The van der Waals surface area contributed by atoms with Gasteiger partial charge in [0.15, 0.2) is 17.0 Å². The predicted octanol–water partition coefficient (Wildman–Crippen LogP) is 4.64. The Morgan fingerprint density at radius 1 is 1.11 bits per heavy atom. The molecule has 2 saturated heterocycles. The average Bonchev–Trinajstić information content (AvgIpc) is 3.56. The standard InChI is InChI=1S/C29H29N3O5/c1-18-9-11-19(12-10-18)17-37-24-14-13-20(16-25(24)36-2)26-23-8-5-15-31(23)29(27(26)32(34)35)21-6-3-4-7-22(21)30-28(29)33/h3-4,6-7,9-14,16,23,26-27H,5,8,15,17H2,1-2H3,(H,30,33)/t23-,26+,27-,29-/m0/s1. The minimum Gasteiger partial charge on any atom is -0.493 e. The maximum Gasteiger partial charge on any atom is 0.256 e. The minimum atomic E-state index is -1.33. The highest BCUT2D eigenvalue weighted by Gasteiger charge is 2.73. The number of methoxy groups -OCH3 is 1. The van der Waals surface area contributed by atoms with Crippen molar-refractivity contribution in [2.45, 2.75) is 49.9 Å². The largest absolute Gasteiger partial charge is 0.493 e. The number of hydrogen-bond acceptors (Lipinski definition) is 6. The number of aryl methyl sites for hydroxylation is 1. The van der Waals surface area contributed by atoms with Crippen LogP contribution in [0.5, 0.6) is 11.5 Å². The van der Waals surface area contributed by atoms with Crippen LogP contribution in [0.1, 0.15) is 41.0 Å². The number of carbonyl (C=O) groups excluding carboxylic acids is 1. The number of ether oxygens (including phenoxy) is 2. The first-order chi connectivity index (χ1) is 17.9. The van der Waals surface area contributed by atoms with Crippen LogP contribution in [0.25, 0.3) is 0 Å². The van der Waals surface area contributed by atoms with Gasteiger partial charge in [-0.25, -0.2) is 0 Å². The zero-order valence-corrected chi connectivity index (χ0v) is 20.8. The van der Waals surface area contributed by atoms with E-state index in [0.717, 1.165) is 24.0 Å². The zero-order chi connectivity index (χ0) is 25.7. The van der Waals surface area contributed by atoms with Crippen LogP contribution < -0.4 is 14.8 Å². The summed E-state index contributed by atoms with van der Waals surface area (Å²) in [6.07, 6.45) is 1.68. The van der Waals surface area contributed by atoms with Gasteiger partial charge in [0.1, 0.15) is 6.61 Å². The van der Waals surface area contributed by atoms with E-state index in [1.54, 1.807) is 7.11 Å². The van der Waals surface area contributed by atoms with Crippen molar-refractivity contribution in [2.24, 2.45) is 0 Å². The van der Waals surface area contributed by atoms with Crippen LogP contribution in [0.4, 0.5) is 5.69 Å². The monoisotopic (exact) mass is 499 g/mol. The highest BCUT2D eigenvalue weighted by Crippen LogP contribution is 2.58. The van der Waals surface area contributed by atoms with Crippen LogP contribution in [-0.2, 0) is 16.9 Å². The number of fused-ring (bicyclic) bond motifs is 4. The van der Waals surface area contributed by atoms with Gasteiger partial charge in [0.05, 0.1) is 13.0 Å². The fraction of sp³-hybridized carbons (Fsp3) is 0.345. The lowest BCUT2D eigenvalue weighted by molar-refractivity contribution is -0.534. The lowest BCUT2D eigenvalue weighted by Gasteiger charge is -2.32. The Bertz CT molecular complexity index is 1370. The highest BCUT2D eigenvalue weighted by molar-refractivity contribution is 6.07. The number of carbonyl (C=O) groups is 1. The van der Waals surface area contributed by atoms with Crippen molar-refractivity contribution in [3.05, 3.63) is 99.1 Å². The second-order valence-corrected chi connectivity index (χ2v) is 10.1. The summed E-state index contributed by atoms with van der Waals surface area (Å²) in [4.78, 5) is 28.2. The summed E-state index contributed by atoms with van der Waals surface area (Å²) in [5.41, 5.74) is 3.02. The quantitative estimate of drug-likeness (QED) is 0.392. The normalized spacial score (nSPS) is 26.1. The van der Waals surface area contributed by atoms with E-state index in [0.29, 0.717) is 35.9 Å². The van der Waals surface area contributed by atoms with Gasteiger partial charge in [-0.15, -0.1) is 0 Å². The average molecular weight is 500 g/mol. The van der Waals surface area contributed by atoms with Gasteiger partial charge in [0.25, 0.3) is 11.9 Å². The third-order valence-corrected chi connectivity index (χ3v) is 8.18. The van der Waals surface area contributed by atoms with E-state index in [4.69, 9.17) is 9.47 Å². The second kappa shape index (κ2) is 8.88. The molecule has 0 aliphatic carbocycles. The summed E-state index contributed by atoms with van der Waals surface area (Å²) in [7, 11) is 1.57. The molecule has 0 unspecified atom stereocenters. The molecule has 1 amide bonds. The number of benzene rings is 3. The van der Waals surface area contributed by atoms with E-state index in [2.05, 4.69) is 10.2 Å². The molecular formula is C29H29N3O5. The first kappa shape index (κ1) is 23.5. The van der Waals surface area contributed by atoms with Gasteiger partial charge in [0.2, 0.25) is 0 Å². The van der Waals surface area contributed by atoms with E-state index in [9.17, 15) is 14.9 Å². The Morgan fingerprint density at radius 2 is 1.89 bits per heavy atom. The van der Waals surface area contributed by atoms with E-state index < -0.39 is 17.5 Å². The van der Waals surface area contributed by atoms with Gasteiger partial charge in [-0.2, -0.15) is 0 Å². The van der Waals surface area contributed by atoms with Crippen LogP contribution in [0.3, 0.4) is 0 Å². The lowest BCUT2D eigenvalue weighted by atomic mass is 9.77. The van der Waals surface area contributed by atoms with E-state index >= 15 is 0 Å². The lowest BCUT2D eigenvalue weighted by Crippen LogP contribution is -2.55. The van der Waals surface area contributed by atoms with Crippen molar-refractivity contribution in [1.29, 1.82) is 0 Å². The van der Waals surface area contributed by atoms with E-state index in [1.807, 2.05) is 73.7 Å². The summed E-state index contributed by atoms with van der Waals surface area (Å²) in [6.45, 7) is 3.06. The highest BCUT2D eigenvalue weighted by atomic mass is 16.6. The van der Waals surface area contributed by atoms with Crippen molar-refractivity contribution < 1.29 is 19.2 Å². The first-order valence-corrected chi connectivity index (χ1v) is 12.6. The van der Waals surface area contributed by atoms with Crippen molar-refractivity contribution in [1.82, 2.24) is 4.90 Å². The summed E-state index contributed by atoms with van der Waals surface area (Å²) in [5, 5.41) is 15.7. The molecule has 0 bridgehead atoms. The molecule has 0 aromatic heterocycles. The molecule has 6 rings (SSSR count). The topological polar surface area (TPSA) is 93.9 Å². The summed E-state index contributed by atoms with van der Waals surface area (Å²) in [5.74, 6) is 0.308. The number of nitro groups is 1. The number of hydrogen-bond donors (Lipinski definition) is 1. The van der Waals surface area contributed by atoms with Gasteiger partial charge in [0, 0.05) is 28.8 Å². The Hall–Kier alpha value is -3.91. The first-order valence-electron chi connectivity index (χ1n) is 12.6. The van der Waals surface area contributed by atoms with E-state index in [1.165, 1.54) is 5.56 Å². The smallest absolute Gasteiger partial charge is 0.256 e. The fourth-order valence-corrected chi connectivity index (χ4v) is 6.63. The summed E-state index contributed by atoms with van der Waals surface area (Å²) < 4.78 is 11.7. The van der Waals surface area contributed by atoms with Crippen LogP contribution in [0.15, 0.2) is 66.7 Å². The van der Waals surface area contributed by atoms with Crippen LogP contribution in [0.2, 0.25) is 0 Å². The molecule has 2 fully saturated rings. The summed E-state index contributed by atoms with van der Waals surface area (Å²) in [6, 6.07) is 19.8. The minimum absolute atomic E-state index is 0.128. The maximum atomic E-state index is 13.6. The van der Waals surface area contributed by atoms with Gasteiger partial charge < -0.3 is 14.8 Å². The SMILES string of the molecule is COc1cc([C@H]2[C@H]([N+](=O)[O-])[C@@]3(C(=O)Nc4ccccc43)N3CCC[C@@H]23)ccc1OCc1ccc(C)cc1. The molecule has 0 radical (unpaired) electrons. The predicted molar refractivity (Wildman–Crippen MR) is 139 cm³/mol. The number of rotatable bonds is 6. The molecule has 37 heavy (non-hydrogen) atoms. The fourth-order valence-electron chi connectivity index (χ4n) is 6.63. The van der Waals surface area contributed by atoms with Crippen molar-refractivity contribution in [2.75, 3.05) is 19.0 Å². The molecule has 1 N–H and O–H groups in total. The molecule has 3 aliphatic rings. The second-order valence-electron chi connectivity index (χ2n) is 10.1. The molecule has 3 aliphatic heterocycles.